The summed E-state index contributed by atoms with van der Waals surface area (Å²) in [7, 11) is 0. The van der Waals surface area contributed by atoms with Crippen LogP contribution < -0.4 is 0 Å². The maximum atomic E-state index is 11.2. The Labute approximate surface area is 83.1 Å². The first-order valence-electron chi connectivity index (χ1n) is 4.73. The van der Waals surface area contributed by atoms with E-state index in [9.17, 15) is 4.79 Å². The molecule has 1 heterocycles. The van der Waals surface area contributed by atoms with E-state index in [1.54, 1.807) is 5.06 Å². The normalized spacial score (nSPS) is 17.4. The lowest BCUT2D eigenvalue weighted by Crippen LogP contribution is -2.37. The van der Waals surface area contributed by atoms with Crippen LogP contribution in [0.2, 0.25) is 0 Å². The lowest BCUT2D eigenvalue weighted by atomic mass is 10.2. The molecule has 0 saturated carbocycles. The highest BCUT2D eigenvalue weighted by Crippen LogP contribution is 2.02. The van der Waals surface area contributed by atoms with Gasteiger partial charge in [0.15, 0.2) is 0 Å². The average molecular weight is 198 g/mol. The van der Waals surface area contributed by atoms with Gasteiger partial charge in [-0.15, -0.1) is 5.06 Å². The Bertz CT molecular complexity index is 219. The summed E-state index contributed by atoms with van der Waals surface area (Å²) in [5, 5.41) is 9.88. The van der Waals surface area contributed by atoms with Crippen molar-refractivity contribution in [3.8, 4) is 6.07 Å². The molecule has 5 heteroatoms. The van der Waals surface area contributed by atoms with Gasteiger partial charge in [-0.25, -0.2) is 0 Å². The Morgan fingerprint density at radius 1 is 1.50 bits per heavy atom. The van der Waals surface area contributed by atoms with Crippen LogP contribution in [-0.4, -0.2) is 37.3 Å². The fraction of sp³-hybridized carbons (Fsp3) is 0.778. The van der Waals surface area contributed by atoms with E-state index >= 15 is 0 Å². The Morgan fingerprint density at radius 3 is 2.86 bits per heavy atom. The second-order valence-corrected chi connectivity index (χ2v) is 3.02. The number of hydrogen-bond acceptors (Lipinski definition) is 5. The van der Waals surface area contributed by atoms with E-state index < -0.39 is 0 Å². The van der Waals surface area contributed by atoms with Crippen molar-refractivity contribution in [2.24, 2.45) is 0 Å². The van der Waals surface area contributed by atoms with Crippen molar-refractivity contribution < 1.29 is 14.4 Å². The van der Waals surface area contributed by atoms with Gasteiger partial charge in [0.1, 0.15) is 0 Å². The molecule has 0 spiro atoms. The van der Waals surface area contributed by atoms with Gasteiger partial charge in [0.05, 0.1) is 32.4 Å². The molecule has 0 aromatic rings. The number of morpholine rings is 1. The maximum absolute atomic E-state index is 11.2. The molecule has 1 saturated heterocycles. The van der Waals surface area contributed by atoms with E-state index in [-0.39, 0.29) is 5.97 Å². The minimum atomic E-state index is -0.262. The Hall–Kier alpha value is -1.12. The number of unbranched alkanes of at least 4 members (excludes halogenated alkanes) is 1. The van der Waals surface area contributed by atoms with Gasteiger partial charge in [-0.2, -0.15) is 5.26 Å². The van der Waals surface area contributed by atoms with E-state index in [4.69, 9.17) is 14.8 Å². The highest BCUT2D eigenvalue weighted by molar-refractivity contribution is 5.68. The molecule has 0 unspecified atom stereocenters. The summed E-state index contributed by atoms with van der Waals surface area (Å²) in [6.45, 7) is 2.46. The highest BCUT2D eigenvalue weighted by atomic mass is 16.7. The van der Waals surface area contributed by atoms with Crippen LogP contribution in [0.5, 0.6) is 0 Å². The monoisotopic (exact) mass is 198 g/mol. The van der Waals surface area contributed by atoms with Gasteiger partial charge in [0, 0.05) is 12.8 Å². The Balaban J connectivity index is 2.10. The lowest BCUT2D eigenvalue weighted by Gasteiger charge is -2.24. The van der Waals surface area contributed by atoms with E-state index in [0.29, 0.717) is 45.6 Å². The Morgan fingerprint density at radius 2 is 2.21 bits per heavy atom. The van der Waals surface area contributed by atoms with Gasteiger partial charge in [0.25, 0.3) is 0 Å². The lowest BCUT2D eigenvalue weighted by molar-refractivity contribution is -0.205. The zero-order valence-corrected chi connectivity index (χ0v) is 8.07. The van der Waals surface area contributed by atoms with Crippen molar-refractivity contribution in [1.82, 2.24) is 5.06 Å². The maximum Gasteiger partial charge on any atom is 0.325 e. The molecule has 0 aliphatic carbocycles. The fourth-order valence-electron chi connectivity index (χ4n) is 1.14. The summed E-state index contributed by atoms with van der Waals surface area (Å²) in [6, 6.07) is 1.99. The molecule has 1 rings (SSSR count). The van der Waals surface area contributed by atoms with Gasteiger partial charge in [0.2, 0.25) is 0 Å². The molecule has 1 aliphatic rings. The highest BCUT2D eigenvalue weighted by Gasteiger charge is 2.14. The first kappa shape index (κ1) is 11.0. The molecule has 0 N–H and O–H groups in total. The van der Waals surface area contributed by atoms with Crippen molar-refractivity contribution in [2.45, 2.75) is 19.3 Å². The van der Waals surface area contributed by atoms with E-state index in [1.165, 1.54) is 0 Å². The number of hydroxylamine groups is 2. The molecular weight excluding hydrogens is 184 g/mol. The number of nitrogens with zero attached hydrogens (tertiary/aromatic N) is 2. The summed E-state index contributed by atoms with van der Waals surface area (Å²) in [5.74, 6) is -0.262. The second kappa shape index (κ2) is 6.35. The molecule has 0 radical (unpaired) electrons. The summed E-state index contributed by atoms with van der Waals surface area (Å²) in [5.41, 5.74) is 0. The van der Waals surface area contributed by atoms with Gasteiger partial charge < -0.3 is 9.57 Å². The van der Waals surface area contributed by atoms with Crippen molar-refractivity contribution in [3.05, 3.63) is 0 Å². The van der Waals surface area contributed by atoms with Crippen LogP contribution in [0, 0.1) is 11.3 Å². The van der Waals surface area contributed by atoms with Crippen LogP contribution in [0.25, 0.3) is 0 Å². The number of ether oxygens (including phenoxy) is 1. The molecule has 0 amide bonds. The van der Waals surface area contributed by atoms with Crippen molar-refractivity contribution in [1.29, 1.82) is 5.26 Å². The zero-order chi connectivity index (χ0) is 10.2. The molecule has 0 bridgehead atoms. The van der Waals surface area contributed by atoms with E-state index in [0.717, 1.165) is 0 Å². The molecule has 1 fully saturated rings. The van der Waals surface area contributed by atoms with Crippen molar-refractivity contribution >= 4 is 5.97 Å². The van der Waals surface area contributed by atoms with Crippen LogP contribution in [0.3, 0.4) is 0 Å². The number of nitriles is 1. The first-order chi connectivity index (χ1) is 6.83. The number of rotatable bonds is 4. The SMILES string of the molecule is N#CCCCC(=O)ON1CCOCC1. The van der Waals surface area contributed by atoms with Crippen LogP contribution in [0.4, 0.5) is 0 Å². The predicted molar refractivity (Wildman–Crippen MR) is 47.9 cm³/mol. The molecule has 0 aromatic carbocycles. The largest absolute Gasteiger partial charge is 0.379 e. The van der Waals surface area contributed by atoms with Crippen molar-refractivity contribution in [3.63, 3.8) is 0 Å². The third-order valence-electron chi connectivity index (χ3n) is 1.87. The fourth-order valence-corrected chi connectivity index (χ4v) is 1.14. The first-order valence-corrected chi connectivity index (χ1v) is 4.73. The smallest absolute Gasteiger partial charge is 0.325 e. The molecular formula is C9H14N2O3. The molecule has 0 aromatic heterocycles. The van der Waals surface area contributed by atoms with Crippen LogP contribution in [0.1, 0.15) is 19.3 Å². The van der Waals surface area contributed by atoms with Crippen LogP contribution in [0.15, 0.2) is 0 Å². The molecule has 0 atom stereocenters. The average Bonchev–Trinajstić information content (AvgIpc) is 2.20. The van der Waals surface area contributed by atoms with Gasteiger partial charge >= 0.3 is 5.97 Å². The molecule has 1 aliphatic heterocycles. The van der Waals surface area contributed by atoms with Crippen LogP contribution >= 0.6 is 0 Å². The molecule has 14 heavy (non-hydrogen) atoms. The minimum absolute atomic E-state index is 0.262. The van der Waals surface area contributed by atoms with Gasteiger partial charge in [-0.05, 0) is 6.42 Å². The van der Waals surface area contributed by atoms with Gasteiger partial charge in [-0.3, -0.25) is 4.79 Å². The van der Waals surface area contributed by atoms with Crippen LogP contribution in [-0.2, 0) is 14.4 Å². The molecule has 78 valence electrons. The summed E-state index contributed by atoms with van der Waals surface area (Å²) in [6.07, 6.45) is 1.28. The Kier molecular flexibility index (Phi) is 4.97. The van der Waals surface area contributed by atoms with E-state index in [1.807, 2.05) is 6.07 Å². The van der Waals surface area contributed by atoms with Crippen molar-refractivity contribution in [2.75, 3.05) is 26.3 Å². The number of carbonyl (C=O) groups excluding carboxylic acids is 1. The molecule has 5 nitrogen and oxygen atoms in total. The topological polar surface area (TPSA) is 62.6 Å². The quantitative estimate of drug-likeness (QED) is 0.614. The standard InChI is InChI=1S/C9H14N2O3/c10-4-2-1-3-9(12)14-11-5-7-13-8-6-11/h1-3,5-8H2. The zero-order valence-electron chi connectivity index (χ0n) is 8.07. The number of carbonyl (C=O) groups is 1. The summed E-state index contributed by atoms with van der Waals surface area (Å²) in [4.78, 5) is 16.2. The minimum Gasteiger partial charge on any atom is -0.379 e. The second-order valence-electron chi connectivity index (χ2n) is 3.02. The number of hydrogen-bond donors (Lipinski definition) is 0. The third kappa shape index (κ3) is 4.21. The van der Waals surface area contributed by atoms with E-state index in [2.05, 4.69) is 0 Å². The summed E-state index contributed by atoms with van der Waals surface area (Å²) >= 11 is 0. The predicted octanol–water partition coefficient (Wildman–Crippen LogP) is 0.471. The third-order valence-corrected chi connectivity index (χ3v) is 1.87. The van der Waals surface area contributed by atoms with Gasteiger partial charge in [-0.1, -0.05) is 0 Å². The summed E-state index contributed by atoms with van der Waals surface area (Å²) < 4.78 is 5.10.